The van der Waals surface area contributed by atoms with Crippen molar-refractivity contribution in [3.05, 3.63) is 70.8 Å². The first-order valence-corrected chi connectivity index (χ1v) is 11.0. The van der Waals surface area contributed by atoms with Crippen molar-refractivity contribution in [3.8, 4) is 0 Å². The number of hydrogen-bond acceptors (Lipinski definition) is 3. The molecule has 1 aliphatic carbocycles. The van der Waals surface area contributed by atoms with Gasteiger partial charge in [-0.05, 0) is 55.0 Å². The Kier molecular flexibility index (Phi) is 7.65. The Morgan fingerprint density at radius 1 is 1.00 bits per heavy atom. The van der Waals surface area contributed by atoms with Crippen LogP contribution in [0.25, 0.3) is 0 Å². The Morgan fingerprint density at radius 2 is 1.56 bits per heavy atom. The maximum atomic E-state index is 13.2. The van der Waals surface area contributed by atoms with Crippen LogP contribution in [0.15, 0.2) is 48.5 Å². The third-order valence-electron chi connectivity index (χ3n) is 6.20. The van der Waals surface area contributed by atoms with Crippen LogP contribution in [0.1, 0.15) is 61.5 Å². The van der Waals surface area contributed by atoms with Crippen LogP contribution in [-0.2, 0) is 32.0 Å². The first-order valence-electron chi connectivity index (χ1n) is 11.0. The number of halogens is 6. The Balaban J connectivity index is 1.78. The van der Waals surface area contributed by atoms with E-state index in [0.29, 0.717) is 25.0 Å². The van der Waals surface area contributed by atoms with Gasteiger partial charge in [-0.15, -0.1) is 0 Å². The van der Waals surface area contributed by atoms with Crippen LogP contribution in [0.2, 0.25) is 0 Å². The van der Waals surface area contributed by atoms with Gasteiger partial charge in [-0.1, -0.05) is 37.3 Å². The molecule has 0 heterocycles. The lowest BCUT2D eigenvalue weighted by molar-refractivity contribution is -0.147. The van der Waals surface area contributed by atoms with Gasteiger partial charge < -0.3 is 9.47 Å². The van der Waals surface area contributed by atoms with Crippen molar-refractivity contribution < 1.29 is 40.6 Å². The maximum absolute atomic E-state index is 13.2. The van der Waals surface area contributed by atoms with Gasteiger partial charge in [0.25, 0.3) is 0 Å². The fourth-order valence-corrected chi connectivity index (χ4v) is 4.30. The lowest BCUT2D eigenvalue weighted by atomic mass is 9.59. The Hall–Kier alpha value is -2.55. The van der Waals surface area contributed by atoms with Crippen LogP contribution < -0.4 is 0 Å². The van der Waals surface area contributed by atoms with Crippen molar-refractivity contribution >= 4 is 5.97 Å². The van der Waals surface area contributed by atoms with Crippen LogP contribution in [0, 0.1) is 5.92 Å². The van der Waals surface area contributed by atoms with Gasteiger partial charge in [0, 0.05) is 11.8 Å². The van der Waals surface area contributed by atoms with Crippen molar-refractivity contribution in [2.45, 2.75) is 57.0 Å². The molecular formula is C25H26F6O3. The molecule has 9 heteroatoms. The second kappa shape index (κ2) is 9.98. The molecule has 186 valence electrons. The number of carbonyl (C=O) groups excluding carboxylic acids is 1. The topological polar surface area (TPSA) is 35.5 Å². The summed E-state index contributed by atoms with van der Waals surface area (Å²) < 4.78 is 90.4. The van der Waals surface area contributed by atoms with Gasteiger partial charge in [-0.3, -0.25) is 4.79 Å². The fraction of sp³-hybridized carbons (Fsp3) is 0.480. The number of hydrogen-bond donors (Lipinski definition) is 0. The number of alkyl halides is 6. The maximum Gasteiger partial charge on any atom is 0.416 e. The zero-order valence-corrected chi connectivity index (χ0v) is 18.8. The Bertz CT molecular complexity index is 946. The minimum atomic E-state index is -4.92. The third-order valence-corrected chi connectivity index (χ3v) is 6.20. The Morgan fingerprint density at radius 3 is 2.06 bits per heavy atom. The number of carbonyl (C=O) groups is 1. The average Bonchev–Trinajstić information content (AvgIpc) is 2.76. The summed E-state index contributed by atoms with van der Waals surface area (Å²) in [4.78, 5) is 11.4. The highest BCUT2D eigenvalue weighted by atomic mass is 19.4. The number of ether oxygens (including phenoxy) is 2. The van der Waals surface area contributed by atoms with Gasteiger partial charge in [0.1, 0.15) is 0 Å². The minimum absolute atomic E-state index is 0.0972. The van der Waals surface area contributed by atoms with Crippen molar-refractivity contribution in [2.75, 3.05) is 13.2 Å². The standard InChI is InChI=1S/C25H26F6O3/c1-3-22(32)33-14-17-12-23(13-17,19-7-5-4-6-8-19)15-34-16(2)18-9-20(24(26,27)28)11-21(10-18)25(29,30)31/h4-11,16-17H,3,12-15H2,1-2H3/t16-,17?,23?/m1/s1. The molecule has 0 spiro atoms. The molecule has 1 fully saturated rings. The summed E-state index contributed by atoms with van der Waals surface area (Å²) >= 11 is 0. The number of rotatable bonds is 8. The minimum Gasteiger partial charge on any atom is -0.465 e. The van der Waals surface area contributed by atoms with Gasteiger partial charge in [0.15, 0.2) is 0 Å². The highest BCUT2D eigenvalue weighted by Gasteiger charge is 2.46. The largest absolute Gasteiger partial charge is 0.465 e. The molecular weight excluding hydrogens is 462 g/mol. The third kappa shape index (κ3) is 6.11. The van der Waals surface area contributed by atoms with Crippen molar-refractivity contribution in [2.24, 2.45) is 5.92 Å². The van der Waals surface area contributed by atoms with E-state index in [1.165, 1.54) is 6.92 Å². The fourth-order valence-electron chi connectivity index (χ4n) is 4.30. The van der Waals surface area contributed by atoms with E-state index in [1.54, 1.807) is 6.92 Å². The van der Waals surface area contributed by atoms with E-state index >= 15 is 0 Å². The van der Waals surface area contributed by atoms with E-state index in [-0.39, 0.29) is 43.2 Å². The molecule has 3 nitrogen and oxygen atoms in total. The summed E-state index contributed by atoms with van der Waals surface area (Å²) in [5, 5.41) is 0. The highest BCUT2D eigenvalue weighted by molar-refractivity contribution is 5.68. The zero-order valence-electron chi connectivity index (χ0n) is 18.8. The van der Waals surface area contributed by atoms with E-state index in [2.05, 4.69) is 0 Å². The van der Waals surface area contributed by atoms with Crippen LogP contribution in [0.3, 0.4) is 0 Å². The van der Waals surface area contributed by atoms with E-state index in [0.717, 1.165) is 5.56 Å². The zero-order chi connectivity index (χ0) is 25.1. The lowest BCUT2D eigenvalue weighted by Gasteiger charge is -2.48. The first kappa shape index (κ1) is 26.1. The molecule has 2 aromatic carbocycles. The number of esters is 1. The summed E-state index contributed by atoms with van der Waals surface area (Å²) in [5.41, 5.74) is -2.44. The molecule has 3 rings (SSSR count). The van der Waals surface area contributed by atoms with Gasteiger partial charge in [0.2, 0.25) is 0 Å². The predicted octanol–water partition coefficient (Wildman–Crippen LogP) is 7.10. The molecule has 0 bridgehead atoms. The molecule has 34 heavy (non-hydrogen) atoms. The van der Waals surface area contributed by atoms with Crippen LogP contribution >= 0.6 is 0 Å². The average molecular weight is 488 g/mol. The van der Waals surface area contributed by atoms with E-state index in [9.17, 15) is 31.1 Å². The summed E-state index contributed by atoms with van der Waals surface area (Å²) in [6.07, 6.45) is -9.32. The summed E-state index contributed by atoms with van der Waals surface area (Å²) in [6.45, 7) is 3.51. The van der Waals surface area contributed by atoms with Crippen molar-refractivity contribution in [1.29, 1.82) is 0 Å². The molecule has 1 saturated carbocycles. The van der Waals surface area contributed by atoms with E-state index in [1.807, 2.05) is 30.3 Å². The molecule has 0 saturated heterocycles. The molecule has 0 aromatic heterocycles. The normalized spacial score (nSPS) is 21.6. The molecule has 2 aromatic rings. The molecule has 0 amide bonds. The van der Waals surface area contributed by atoms with E-state index < -0.39 is 35.0 Å². The van der Waals surface area contributed by atoms with Crippen molar-refractivity contribution in [3.63, 3.8) is 0 Å². The van der Waals surface area contributed by atoms with Gasteiger partial charge >= 0.3 is 18.3 Å². The van der Waals surface area contributed by atoms with Gasteiger partial charge in [0.05, 0.1) is 30.4 Å². The van der Waals surface area contributed by atoms with Gasteiger partial charge in [-0.25, -0.2) is 0 Å². The molecule has 0 unspecified atom stereocenters. The van der Waals surface area contributed by atoms with Crippen LogP contribution in [0.5, 0.6) is 0 Å². The van der Waals surface area contributed by atoms with Gasteiger partial charge in [-0.2, -0.15) is 26.3 Å². The molecule has 0 aliphatic heterocycles. The first-order chi connectivity index (χ1) is 15.8. The smallest absolute Gasteiger partial charge is 0.416 e. The molecule has 0 N–H and O–H groups in total. The van der Waals surface area contributed by atoms with Crippen LogP contribution in [0.4, 0.5) is 26.3 Å². The summed E-state index contributed by atoms with van der Waals surface area (Å²) in [5.74, 6) is -0.202. The number of benzene rings is 2. The summed E-state index contributed by atoms with van der Waals surface area (Å²) in [7, 11) is 0. The monoisotopic (exact) mass is 488 g/mol. The lowest BCUT2D eigenvalue weighted by Crippen LogP contribution is -2.47. The summed E-state index contributed by atoms with van der Waals surface area (Å²) in [6, 6.07) is 10.9. The second-order valence-corrected chi connectivity index (χ2v) is 8.75. The SMILES string of the molecule is CCC(=O)OCC1CC(CO[C@H](C)c2cc(C(F)(F)F)cc(C(F)(F)F)c2)(c2ccccc2)C1. The molecule has 0 radical (unpaired) electrons. The Labute approximate surface area is 194 Å². The predicted molar refractivity (Wildman–Crippen MR) is 113 cm³/mol. The molecule has 1 aliphatic rings. The van der Waals surface area contributed by atoms with Crippen LogP contribution in [-0.4, -0.2) is 19.2 Å². The second-order valence-electron chi connectivity index (χ2n) is 8.75. The van der Waals surface area contributed by atoms with Crippen molar-refractivity contribution in [1.82, 2.24) is 0 Å². The highest BCUT2D eigenvalue weighted by Crippen LogP contribution is 2.49. The quantitative estimate of drug-likeness (QED) is 0.294. The molecule has 1 atom stereocenters. The van der Waals surface area contributed by atoms with E-state index in [4.69, 9.17) is 9.47 Å².